The van der Waals surface area contributed by atoms with Gasteiger partial charge in [0.25, 0.3) is 0 Å². The number of anilines is 3. The SMILES string of the molecule is c1ccc(N(c2ccccc2)c2ccc3c(c2)c2cc4c(cc2n3-c2ccc(-c3nc5ccccc5n3-c3ccccc3)cc2)sc2ccccc24)cc1. The summed E-state index contributed by atoms with van der Waals surface area (Å²) >= 11 is 1.86. The molecule has 3 aromatic heterocycles. The van der Waals surface area contributed by atoms with Gasteiger partial charge in [0.2, 0.25) is 0 Å². The second kappa shape index (κ2) is 12.3. The minimum atomic E-state index is 0.926. The van der Waals surface area contributed by atoms with Gasteiger partial charge in [-0.3, -0.25) is 4.57 Å². The Morgan fingerprint density at radius 2 is 1.02 bits per heavy atom. The minimum absolute atomic E-state index is 0.926. The topological polar surface area (TPSA) is 26.0 Å². The van der Waals surface area contributed by atoms with Gasteiger partial charge in [-0.1, -0.05) is 84.9 Å². The zero-order chi connectivity index (χ0) is 35.6. The lowest BCUT2D eigenvalue weighted by atomic mass is 10.1. The average molecular weight is 709 g/mol. The van der Waals surface area contributed by atoms with Crippen molar-refractivity contribution >= 4 is 81.4 Å². The molecule has 0 saturated heterocycles. The number of hydrogen-bond acceptors (Lipinski definition) is 3. The summed E-state index contributed by atoms with van der Waals surface area (Å²) in [6.07, 6.45) is 0. The maximum atomic E-state index is 5.14. The van der Waals surface area contributed by atoms with Crippen molar-refractivity contribution in [3.05, 3.63) is 194 Å². The van der Waals surface area contributed by atoms with Crippen LogP contribution in [0.2, 0.25) is 0 Å². The predicted octanol–water partition coefficient (Wildman–Crippen LogP) is 13.6. The van der Waals surface area contributed by atoms with E-state index in [4.69, 9.17) is 4.98 Å². The third-order valence-corrected chi connectivity index (χ3v) is 11.6. The van der Waals surface area contributed by atoms with Crippen LogP contribution in [0.15, 0.2) is 194 Å². The first-order chi connectivity index (χ1) is 26.8. The molecule has 54 heavy (non-hydrogen) atoms. The summed E-state index contributed by atoms with van der Waals surface area (Å²) in [5.41, 5.74) is 11.1. The molecule has 0 N–H and O–H groups in total. The van der Waals surface area contributed by atoms with Crippen LogP contribution in [0.3, 0.4) is 0 Å². The number of nitrogens with zero attached hydrogens (tertiary/aromatic N) is 4. The fraction of sp³-hybridized carbons (Fsp3) is 0. The van der Waals surface area contributed by atoms with Crippen molar-refractivity contribution in [2.75, 3.05) is 4.90 Å². The van der Waals surface area contributed by atoms with Crippen molar-refractivity contribution in [2.24, 2.45) is 0 Å². The van der Waals surface area contributed by atoms with Gasteiger partial charge in [0.05, 0.1) is 22.1 Å². The van der Waals surface area contributed by atoms with E-state index in [2.05, 4.69) is 208 Å². The third-order valence-electron chi connectivity index (χ3n) is 10.5. The van der Waals surface area contributed by atoms with E-state index >= 15 is 0 Å². The molecule has 5 heteroatoms. The van der Waals surface area contributed by atoms with Crippen LogP contribution in [0.5, 0.6) is 0 Å². The molecule has 11 rings (SSSR count). The fourth-order valence-electron chi connectivity index (χ4n) is 8.06. The quantitative estimate of drug-likeness (QED) is 0.172. The Labute approximate surface area is 316 Å². The largest absolute Gasteiger partial charge is 0.310 e. The van der Waals surface area contributed by atoms with Crippen molar-refractivity contribution in [2.45, 2.75) is 0 Å². The molecule has 0 aliphatic rings. The molecule has 0 saturated carbocycles. The first-order valence-corrected chi connectivity index (χ1v) is 19.0. The summed E-state index contributed by atoms with van der Waals surface area (Å²) in [6.45, 7) is 0. The van der Waals surface area contributed by atoms with Crippen LogP contribution < -0.4 is 4.90 Å². The van der Waals surface area contributed by atoms with Crippen LogP contribution >= 0.6 is 11.3 Å². The Kier molecular flexibility index (Phi) is 7.00. The molecule has 254 valence electrons. The third kappa shape index (κ3) is 4.86. The monoisotopic (exact) mass is 708 g/mol. The summed E-state index contributed by atoms with van der Waals surface area (Å²) in [5, 5.41) is 5.05. The molecule has 0 bridgehead atoms. The lowest BCUT2D eigenvalue weighted by Crippen LogP contribution is -2.09. The van der Waals surface area contributed by atoms with E-state index in [0.29, 0.717) is 0 Å². The van der Waals surface area contributed by atoms with Crippen LogP contribution in [0.1, 0.15) is 0 Å². The second-order valence-corrected chi connectivity index (χ2v) is 14.7. The molecule has 4 nitrogen and oxygen atoms in total. The number of benzene rings is 8. The molecule has 0 amide bonds. The Morgan fingerprint density at radius 3 is 1.78 bits per heavy atom. The summed E-state index contributed by atoms with van der Waals surface area (Å²) in [6, 6.07) is 69.5. The Morgan fingerprint density at radius 1 is 0.389 bits per heavy atom. The van der Waals surface area contributed by atoms with E-state index in [1.165, 1.54) is 42.0 Å². The molecule has 0 unspecified atom stereocenters. The van der Waals surface area contributed by atoms with E-state index in [-0.39, 0.29) is 0 Å². The standard InChI is InChI=1S/C49H32N4S/c1-4-14-34(15-5-1)51(35-16-6-2-7-17-35)38-28-29-44-40(30-38)41-31-42-39-20-10-13-23-47(39)54-48(42)32-46(41)52(44)37-26-24-33(25-27-37)49-50-43-21-11-12-22-45(43)53(49)36-18-8-3-9-19-36/h1-32H. The summed E-state index contributed by atoms with van der Waals surface area (Å²) < 4.78 is 7.28. The van der Waals surface area contributed by atoms with Crippen LogP contribution in [-0.4, -0.2) is 14.1 Å². The van der Waals surface area contributed by atoms with E-state index < -0.39 is 0 Å². The Hall–Kier alpha value is -6.95. The normalized spacial score (nSPS) is 11.7. The van der Waals surface area contributed by atoms with Gasteiger partial charge in [-0.15, -0.1) is 11.3 Å². The van der Waals surface area contributed by atoms with Gasteiger partial charge in [0, 0.05) is 64.9 Å². The molecule has 0 radical (unpaired) electrons. The molecular formula is C49H32N4S. The number of rotatable bonds is 6. The van der Waals surface area contributed by atoms with Gasteiger partial charge in [-0.05, 0) is 109 Å². The number of fused-ring (bicyclic) bond motifs is 7. The first-order valence-electron chi connectivity index (χ1n) is 18.2. The highest BCUT2D eigenvalue weighted by Crippen LogP contribution is 2.43. The van der Waals surface area contributed by atoms with E-state index in [1.54, 1.807) is 0 Å². The van der Waals surface area contributed by atoms with Crippen molar-refractivity contribution in [1.29, 1.82) is 0 Å². The number of aromatic nitrogens is 3. The molecule has 0 spiro atoms. The van der Waals surface area contributed by atoms with Gasteiger partial charge < -0.3 is 9.47 Å². The van der Waals surface area contributed by atoms with Gasteiger partial charge in [0.15, 0.2) is 0 Å². The summed E-state index contributed by atoms with van der Waals surface area (Å²) in [4.78, 5) is 7.48. The molecule has 11 aromatic rings. The summed E-state index contributed by atoms with van der Waals surface area (Å²) in [7, 11) is 0. The van der Waals surface area contributed by atoms with E-state index in [0.717, 1.165) is 50.9 Å². The van der Waals surface area contributed by atoms with Crippen molar-refractivity contribution < 1.29 is 0 Å². The lowest BCUT2D eigenvalue weighted by molar-refractivity contribution is 1.10. The lowest BCUT2D eigenvalue weighted by Gasteiger charge is -2.25. The molecule has 0 fully saturated rings. The first kappa shape index (κ1) is 30.7. The van der Waals surface area contributed by atoms with Crippen molar-refractivity contribution in [1.82, 2.24) is 14.1 Å². The van der Waals surface area contributed by atoms with Gasteiger partial charge in [-0.2, -0.15) is 0 Å². The molecular weight excluding hydrogens is 677 g/mol. The number of thiophene rings is 1. The highest BCUT2D eigenvalue weighted by molar-refractivity contribution is 7.25. The number of para-hydroxylation sites is 5. The fourth-order valence-corrected chi connectivity index (χ4v) is 9.18. The van der Waals surface area contributed by atoms with E-state index in [9.17, 15) is 0 Å². The number of imidazole rings is 1. The zero-order valence-corrected chi connectivity index (χ0v) is 30.0. The van der Waals surface area contributed by atoms with E-state index in [1.807, 2.05) is 11.3 Å². The molecule has 0 aliphatic heterocycles. The Balaban J connectivity index is 1.13. The van der Waals surface area contributed by atoms with Gasteiger partial charge in [0.1, 0.15) is 5.82 Å². The average Bonchev–Trinajstić information content (AvgIpc) is 3.90. The number of hydrogen-bond donors (Lipinski definition) is 0. The van der Waals surface area contributed by atoms with Crippen molar-refractivity contribution in [3.63, 3.8) is 0 Å². The van der Waals surface area contributed by atoms with Gasteiger partial charge >= 0.3 is 0 Å². The highest BCUT2D eigenvalue weighted by Gasteiger charge is 2.20. The summed E-state index contributed by atoms with van der Waals surface area (Å²) in [5.74, 6) is 0.926. The van der Waals surface area contributed by atoms with Crippen LogP contribution in [0.4, 0.5) is 17.1 Å². The minimum Gasteiger partial charge on any atom is -0.310 e. The van der Waals surface area contributed by atoms with Crippen molar-refractivity contribution in [3.8, 4) is 22.8 Å². The van der Waals surface area contributed by atoms with Crippen LogP contribution in [0, 0.1) is 0 Å². The van der Waals surface area contributed by atoms with Gasteiger partial charge in [-0.25, -0.2) is 4.98 Å². The zero-order valence-electron chi connectivity index (χ0n) is 29.2. The molecule has 3 heterocycles. The van der Waals surface area contributed by atoms with Crippen LogP contribution in [-0.2, 0) is 0 Å². The second-order valence-electron chi connectivity index (χ2n) is 13.6. The maximum absolute atomic E-state index is 5.14. The molecule has 0 atom stereocenters. The van der Waals surface area contributed by atoms with Crippen LogP contribution in [0.25, 0.3) is 75.8 Å². The Bertz CT molecular complexity index is 3100. The predicted molar refractivity (Wildman–Crippen MR) is 228 cm³/mol. The highest BCUT2D eigenvalue weighted by atomic mass is 32.1. The molecule has 0 aliphatic carbocycles. The maximum Gasteiger partial charge on any atom is 0.145 e. The smallest absolute Gasteiger partial charge is 0.145 e. The molecule has 8 aromatic carbocycles.